The van der Waals surface area contributed by atoms with Crippen LogP contribution in [0.2, 0.25) is 5.02 Å². The number of amides is 1. The Morgan fingerprint density at radius 1 is 1.50 bits per heavy atom. The Labute approximate surface area is 143 Å². The van der Waals surface area contributed by atoms with Crippen molar-refractivity contribution >= 4 is 29.2 Å². The molecule has 1 saturated carbocycles. The lowest BCUT2D eigenvalue weighted by molar-refractivity contribution is -0.385. The molecule has 1 fully saturated rings. The van der Waals surface area contributed by atoms with Crippen molar-refractivity contribution in [3.05, 3.63) is 33.3 Å². The van der Waals surface area contributed by atoms with E-state index < -0.39 is 16.9 Å². The SMILES string of the molecule is CC(C(=O)O)N(C(=O)CCOc1ccc(Cl)cc1[N+](=O)[O-])C1CC1. The predicted molar refractivity (Wildman–Crippen MR) is 85.2 cm³/mol. The summed E-state index contributed by atoms with van der Waals surface area (Å²) in [5.41, 5.74) is -0.284. The number of benzene rings is 1. The molecule has 2 rings (SSSR count). The molecule has 0 aromatic heterocycles. The second kappa shape index (κ2) is 7.48. The van der Waals surface area contributed by atoms with Crippen LogP contribution in [-0.2, 0) is 9.59 Å². The van der Waals surface area contributed by atoms with Gasteiger partial charge in [0.15, 0.2) is 5.75 Å². The molecular formula is C15H17ClN2O6. The first-order valence-corrected chi connectivity index (χ1v) is 7.79. The second-order valence-corrected chi connectivity index (χ2v) is 5.95. The molecule has 24 heavy (non-hydrogen) atoms. The molecule has 1 aliphatic rings. The van der Waals surface area contributed by atoms with E-state index in [1.165, 1.54) is 30.0 Å². The molecule has 8 nitrogen and oxygen atoms in total. The summed E-state index contributed by atoms with van der Waals surface area (Å²) in [5, 5.41) is 20.3. The van der Waals surface area contributed by atoms with E-state index in [2.05, 4.69) is 0 Å². The average molecular weight is 357 g/mol. The fraction of sp³-hybridized carbons (Fsp3) is 0.467. The van der Waals surface area contributed by atoms with Crippen LogP contribution in [0, 0.1) is 10.1 Å². The van der Waals surface area contributed by atoms with Gasteiger partial charge in [-0.2, -0.15) is 0 Å². The maximum atomic E-state index is 12.3. The van der Waals surface area contributed by atoms with Crippen molar-refractivity contribution in [2.75, 3.05) is 6.61 Å². The average Bonchev–Trinajstić information content (AvgIpc) is 3.33. The normalized spacial score (nSPS) is 14.8. The Morgan fingerprint density at radius 3 is 2.71 bits per heavy atom. The molecular weight excluding hydrogens is 340 g/mol. The van der Waals surface area contributed by atoms with Gasteiger partial charge in [-0.15, -0.1) is 0 Å². The van der Waals surface area contributed by atoms with E-state index in [9.17, 15) is 19.7 Å². The lowest BCUT2D eigenvalue weighted by atomic mass is 10.2. The van der Waals surface area contributed by atoms with Crippen molar-refractivity contribution in [2.24, 2.45) is 0 Å². The summed E-state index contributed by atoms with van der Waals surface area (Å²) in [4.78, 5) is 35.1. The second-order valence-electron chi connectivity index (χ2n) is 5.51. The minimum atomic E-state index is -1.07. The number of carbonyl (C=O) groups excluding carboxylic acids is 1. The topological polar surface area (TPSA) is 110 Å². The minimum Gasteiger partial charge on any atom is -0.486 e. The number of hydrogen-bond acceptors (Lipinski definition) is 5. The molecule has 0 bridgehead atoms. The summed E-state index contributed by atoms with van der Waals surface area (Å²) in [6.07, 6.45) is 1.51. The first kappa shape index (κ1) is 18.0. The van der Waals surface area contributed by atoms with E-state index >= 15 is 0 Å². The maximum absolute atomic E-state index is 12.3. The zero-order valence-corrected chi connectivity index (χ0v) is 13.7. The number of carboxylic acid groups (broad SMARTS) is 1. The van der Waals surface area contributed by atoms with Gasteiger partial charge < -0.3 is 14.7 Å². The highest BCUT2D eigenvalue weighted by Crippen LogP contribution is 2.31. The van der Waals surface area contributed by atoms with Crippen molar-refractivity contribution in [3.63, 3.8) is 0 Å². The van der Waals surface area contributed by atoms with E-state index in [-0.39, 0.29) is 41.4 Å². The van der Waals surface area contributed by atoms with Gasteiger partial charge in [-0.05, 0) is 31.9 Å². The van der Waals surface area contributed by atoms with Gasteiger partial charge >= 0.3 is 11.7 Å². The summed E-state index contributed by atoms with van der Waals surface area (Å²) < 4.78 is 5.32. The van der Waals surface area contributed by atoms with Crippen molar-refractivity contribution in [1.29, 1.82) is 0 Å². The fourth-order valence-electron chi connectivity index (χ4n) is 2.34. The van der Waals surface area contributed by atoms with Crippen molar-refractivity contribution in [1.82, 2.24) is 4.90 Å². The van der Waals surface area contributed by atoms with Gasteiger partial charge in [-0.1, -0.05) is 11.6 Å². The standard InChI is InChI=1S/C15H17ClN2O6/c1-9(15(20)21)17(11-3-4-11)14(19)6-7-24-13-5-2-10(16)8-12(13)18(22)23/h2,5,8-9,11H,3-4,6-7H2,1H3,(H,20,21). The number of aliphatic carboxylic acids is 1. The maximum Gasteiger partial charge on any atom is 0.326 e. The molecule has 0 saturated heterocycles. The summed E-state index contributed by atoms with van der Waals surface area (Å²) in [7, 11) is 0. The Bertz CT molecular complexity index is 661. The molecule has 1 atom stereocenters. The van der Waals surface area contributed by atoms with Crippen molar-refractivity contribution in [2.45, 2.75) is 38.3 Å². The molecule has 1 aromatic rings. The van der Waals surface area contributed by atoms with Crippen LogP contribution < -0.4 is 4.74 Å². The van der Waals surface area contributed by atoms with Crippen LogP contribution in [0.25, 0.3) is 0 Å². The molecule has 1 N–H and O–H groups in total. The Hall–Kier alpha value is -2.35. The lowest BCUT2D eigenvalue weighted by Gasteiger charge is -2.26. The van der Waals surface area contributed by atoms with Gasteiger partial charge in [-0.25, -0.2) is 4.79 Å². The molecule has 1 unspecified atom stereocenters. The molecule has 130 valence electrons. The quantitative estimate of drug-likeness (QED) is 0.566. The lowest BCUT2D eigenvalue weighted by Crippen LogP contribution is -2.45. The molecule has 0 spiro atoms. The molecule has 0 aliphatic heterocycles. The van der Waals surface area contributed by atoms with Crippen molar-refractivity contribution in [3.8, 4) is 5.75 Å². The Morgan fingerprint density at radius 2 is 2.17 bits per heavy atom. The van der Waals surface area contributed by atoms with Gasteiger partial charge in [0, 0.05) is 17.1 Å². The summed E-state index contributed by atoms with van der Waals surface area (Å²) in [6.45, 7) is 1.38. The van der Waals surface area contributed by atoms with Crippen molar-refractivity contribution < 1.29 is 24.4 Å². The number of halogens is 1. The smallest absolute Gasteiger partial charge is 0.326 e. The molecule has 1 aromatic carbocycles. The molecule has 0 heterocycles. The summed E-state index contributed by atoms with van der Waals surface area (Å²) in [5.74, 6) is -1.39. The molecule has 9 heteroatoms. The number of nitro groups is 1. The zero-order valence-electron chi connectivity index (χ0n) is 13.0. The van der Waals surface area contributed by atoms with Gasteiger partial charge in [0.25, 0.3) is 0 Å². The number of nitrogens with zero attached hydrogens (tertiary/aromatic N) is 2. The van der Waals surface area contributed by atoms with Gasteiger partial charge in [-0.3, -0.25) is 14.9 Å². The zero-order chi connectivity index (χ0) is 17.9. The Balaban J connectivity index is 1.97. The highest BCUT2D eigenvalue weighted by molar-refractivity contribution is 6.30. The first-order chi connectivity index (χ1) is 11.3. The van der Waals surface area contributed by atoms with E-state index in [1.54, 1.807) is 0 Å². The highest BCUT2D eigenvalue weighted by Gasteiger charge is 2.38. The largest absolute Gasteiger partial charge is 0.486 e. The molecule has 1 aliphatic carbocycles. The summed E-state index contributed by atoms with van der Waals surface area (Å²) >= 11 is 5.72. The monoisotopic (exact) mass is 356 g/mol. The van der Waals surface area contributed by atoms with Crippen LogP contribution in [0.5, 0.6) is 5.75 Å². The van der Waals surface area contributed by atoms with Crippen LogP contribution in [-0.4, -0.2) is 45.5 Å². The van der Waals surface area contributed by atoms with Crippen LogP contribution in [0.15, 0.2) is 18.2 Å². The van der Waals surface area contributed by atoms with Crippen LogP contribution in [0.1, 0.15) is 26.2 Å². The number of rotatable bonds is 8. The number of carboxylic acids is 1. The first-order valence-electron chi connectivity index (χ1n) is 7.42. The number of carbonyl (C=O) groups is 2. The number of nitro benzene ring substituents is 1. The third-order valence-electron chi connectivity index (χ3n) is 3.69. The minimum absolute atomic E-state index is 0.0152. The highest BCUT2D eigenvalue weighted by atomic mass is 35.5. The van der Waals surface area contributed by atoms with E-state index in [0.717, 1.165) is 12.8 Å². The van der Waals surface area contributed by atoms with E-state index in [1.807, 2.05) is 0 Å². The van der Waals surface area contributed by atoms with E-state index in [4.69, 9.17) is 21.4 Å². The van der Waals surface area contributed by atoms with Gasteiger partial charge in [0.2, 0.25) is 5.91 Å². The Kier molecular flexibility index (Phi) is 5.61. The van der Waals surface area contributed by atoms with E-state index in [0.29, 0.717) is 0 Å². The number of ether oxygens (including phenoxy) is 1. The molecule has 0 radical (unpaired) electrons. The predicted octanol–water partition coefficient (Wildman–Crippen LogP) is 2.48. The fourth-order valence-corrected chi connectivity index (χ4v) is 2.51. The van der Waals surface area contributed by atoms with Gasteiger partial charge in [0.05, 0.1) is 18.0 Å². The van der Waals surface area contributed by atoms with Crippen LogP contribution in [0.4, 0.5) is 5.69 Å². The third-order valence-corrected chi connectivity index (χ3v) is 3.93. The van der Waals surface area contributed by atoms with Crippen LogP contribution in [0.3, 0.4) is 0 Å². The summed E-state index contributed by atoms with van der Waals surface area (Å²) in [6, 6.07) is 3.03. The third kappa shape index (κ3) is 4.35. The molecule has 1 amide bonds. The number of hydrogen-bond donors (Lipinski definition) is 1. The van der Waals surface area contributed by atoms with Gasteiger partial charge in [0.1, 0.15) is 6.04 Å². The van der Waals surface area contributed by atoms with Crippen LogP contribution >= 0.6 is 11.6 Å².